The van der Waals surface area contributed by atoms with Crippen molar-refractivity contribution < 1.29 is 4.74 Å². The predicted molar refractivity (Wildman–Crippen MR) is 274 cm³/mol. The Bertz CT molecular complexity index is 3030. The molecule has 0 unspecified atom stereocenters. The summed E-state index contributed by atoms with van der Waals surface area (Å²) in [6, 6.07) is 53.4. The molecule has 0 radical (unpaired) electrons. The maximum absolute atomic E-state index is 7.25. The van der Waals surface area contributed by atoms with Crippen molar-refractivity contribution in [1.29, 1.82) is 0 Å². The van der Waals surface area contributed by atoms with Crippen molar-refractivity contribution in [2.24, 2.45) is 0 Å². The Hall–Kier alpha value is -6.60. The first-order chi connectivity index (χ1) is 30.7. The highest BCUT2D eigenvalue weighted by Gasteiger charge is 2.43. The molecule has 8 aromatic rings. The number of aromatic nitrogens is 3. The van der Waals surface area contributed by atoms with Gasteiger partial charge < -0.3 is 14.5 Å². The molecule has 3 heterocycles. The first kappa shape index (κ1) is 42.4. The third-order valence-electron chi connectivity index (χ3n) is 13.3. The van der Waals surface area contributed by atoms with E-state index >= 15 is 0 Å². The van der Waals surface area contributed by atoms with E-state index in [2.05, 4.69) is 238 Å². The van der Waals surface area contributed by atoms with E-state index < -0.39 is 0 Å². The van der Waals surface area contributed by atoms with E-state index in [9.17, 15) is 0 Å². The third-order valence-corrected chi connectivity index (χ3v) is 13.3. The second-order valence-electron chi connectivity index (χ2n) is 22.2. The van der Waals surface area contributed by atoms with Crippen LogP contribution in [-0.2, 0) is 21.7 Å². The van der Waals surface area contributed by atoms with Crippen molar-refractivity contribution in [3.8, 4) is 17.2 Å². The van der Waals surface area contributed by atoms with Gasteiger partial charge in [-0.2, -0.15) is 4.80 Å². The summed E-state index contributed by atoms with van der Waals surface area (Å²) < 4.78 is 7.25. The van der Waals surface area contributed by atoms with Crippen molar-refractivity contribution in [2.45, 2.75) is 105 Å². The fourth-order valence-electron chi connectivity index (χ4n) is 9.45. The molecule has 0 amide bonds. The van der Waals surface area contributed by atoms with E-state index in [1.807, 2.05) is 0 Å². The van der Waals surface area contributed by atoms with Gasteiger partial charge in [-0.1, -0.05) is 144 Å². The summed E-state index contributed by atoms with van der Waals surface area (Å²) in [4.78, 5) is 6.55. The zero-order valence-electron chi connectivity index (χ0n) is 40.1. The standard InChI is InChI=1S/C58H60BN5O/c1-55(2,3)37-18-24-42(25-19-37)62(43-26-20-38(21-27-43)56(4,5)6)45-30-31-46-52(34-45)65-53-33-40(58(10,11)12)32-51-54(53)59(46)47-35-48-49(36-50(47)63(51)41-16-14-13-15-17-41)61-64(60-48)44-28-22-39(23-29-44)57(7,8)9/h13-36H,1-12H3. The number of hydrogen-bond donors (Lipinski definition) is 0. The molecule has 7 heteroatoms. The number of ether oxygens (including phenoxy) is 1. The highest BCUT2D eigenvalue weighted by Crippen LogP contribution is 2.45. The van der Waals surface area contributed by atoms with Gasteiger partial charge in [0.25, 0.3) is 6.71 Å². The Labute approximate surface area is 386 Å². The molecule has 0 saturated heterocycles. The molecule has 65 heavy (non-hydrogen) atoms. The van der Waals surface area contributed by atoms with Gasteiger partial charge >= 0.3 is 0 Å². The Morgan fingerprint density at radius 1 is 0.431 bits per heavy atom. The predicted octanol–water partition coefficient (Wildman–Crippen LogP) is 13.5. The molecule has 2 aliphatic rings. The summed E-state index contributed by atoms with van der Waals surface area (Å²) in [5.74, 6) is 1.73. The van der Waals surface area contributed by atoms with Gasteiger partial charge in [0.1, 0.15) is 22.5 Å². The highest BCUT2D eigenvalue weighted by atomic mass is 16.5. The van der Waals surface area contributed by atoms with Crippen LogP contribution in [0, 0.1) is 0 Å². The molecule has 1 aromatic heterocycles. The normalized spacial score (nSPS) is 13.6. The second kappa shape index (κ2) is 15.0. The molecule has 10 rings (SSSR count). The van der Waals surface area contributed by atoms with Crippen LogP contribution in [-0.4, -0.2) is 21.7 Å². The van der Waals surface area contributed by atoms with E-state index in [4.69, 9.17) is 14.9 Å². The summed E-state index contributed by atoms with van der Waals surface area (Å²) in [5, 5.41) is 10.3. The van der Waals surface area contributed by atoms with Crippen LogP contribution < -0.4 is 30.9 Å². The summed E-state index contributed by atoms with van der Waals surface area (Å²) in [5.41, 5.74) is 17.6. The lowest BCUT2D eigenvalue weighted by molar-refractivity contribution is 0.483. The number of nitrogens with zero attached hydrogens (tertiary/aromatic N) is 5. The topological polar surface area (TPSA) is 46.4 Å². The summed E-state index contributed by atoms with van der Waals surface area (Å²) in [7, 11) is 0. The zero-order chi connectivity index (χ0) is 45.8. The first-order valence-electron chi connectivity index (χ1n) is 23.1. The van der Waals surface area contributed by atoms with Gasteiger partial charge in [0, 0.05) is 40.2 Å². The molecule has 2 aliphatic heterocycles. The van der Waals surface area contributed by atoms with Gasteiger partial charge in [-0.3, -0.25) is 0 Å². The summed E-state index contributed by atoms with van der Waals surface area (Å²) >= 11 is 0. The Morgan fingerprint density at radius 2 is 0.938 bits per heavy atom. The maximum atomic E-state index is 7.25. The summed E-state index contributed by atoms with van der Waals surface area (Å²) in [6.45, 7) is 27.0. The number of para-hydroxylation sites is 1. The molecule has 0 spiro atoms. The largest absolute Gasteiger partial charge is 0.458 e. The molecule has 0 bridgehead atoms. The number of fused-ring (bicyclic) bond motifs is 5. The van der Waals surface area contributed by atoms with E-state index in [1.54, 1.807) is 4.80 Å². The number of rotatable bonds is 5. The minimum atomic E-state index is -0.139. The number of benzene rings is 7. The van der Waals surface area contributed by atoms with E-state index in [0.29, 0.717) is 0 Å². The Balaban J connectivity index is 1.17. The van der Waals surface area contributed by atoms with Crippen LogP contribution in [0.1, 0.15) is 105 Å². The Kier molecular flexibility index (Phi) is 9.76. The van der Waals surface area contributed by atoms with Gasteiger partial charge in [0.05, 0.1) is 5.69 Å². The van der Waals surface area contributed by atoms with Crippen LogP contribution in [0.15, 0.2) is 146 Å². The quantitative estimate of drug-likeness (QED) is 0.161. The molecule has 6 nitrogen and oxygen atoms in total. The average molecular weight is 854 g/mol. The molecular formula is C58H60BN5O. The molecule has 7 aromatic carbocycles. The van der Waals surface area contributed by atoms with Crippen LogP contribution in [0.5, 0.6) is 11.5 Å². The van der Waals surface area contributed by atoms with E-state index in [0.717, 1.165) is 73.3 Å². The van der Waals surface area contributed by atoms with Gasteiger partial charge in [-0.25, -0.2) is 0 Å². The minimum absolute atomic E-state index is 0.0411. The fraction of sp³-hybridized carbons (Fsp3) is 0.276. The van der Waals surface area contributed by atoms with Crippen LogP contribution in [0.25, 0.3) is 16.7 Å². The number of hydrogen-bond acceptors (Lipinski definition) is 5. The summed E-state index contributed by atoms with van der Waals surface area (Å²) in [6.07, 6.45) is 0. The SMILES string of the molecule is CC(C)(C)c1ccc(N(c2ccc(C(C)(C)C)cc2)c2ccc3c(c2)Oc2cc(C(C)(C)C)cc4c2B3c2cc3nn(-c5ccc(C(C)(C)C)cc5)nc3cc2N4c2ccccc2)cc1. The van der Waals surface area contributed by atoms with Crippen molar-refractivity contribution in [3.63, 3.8) is 0 Å². The lowest BCUT2D eigenvalue weighted by atomic mass is 9.34. The third kappa shape index (κ3) is 7.59. The molecule has 0 aliphatic carbocycles. The first-order valence-corrected chi connectivity index (χ1v) is 23.1. The average Bonchev–Trinajstić information content (AvgIpc) is 3.68. The van der Waals surface area contributed by atoms with Crippen molar-refractivity contribution in [1.82, 2.24) is 15.0 Å². The monoisotopic (exact) mass is 853 g/mol. The van der Waals surface area contributed by atoms with Crippen molar-refractivity contribution >= 4 is 68.3 Å². The fourth-order valence-corrected chi connectivity index (χ4v) is 9.45. The van der Waals surface area contributed by atoms with Crippen molar-refractivity contribution in [2.75, 3.05) is 9.80 Å². The van der Waals surface area contributed by atoms with Crippen LogP contribution in [0.2, 0.25) is 0 Å². The van der Waals surface area contributed by atoms with Crippen LogP contribution >= 0.6 is 0 Å². The van der Waals surface area contributed by atoms with Gasteiger partial charge in [-0.15, -0.1) is 10.2 Å². The zero-order valence-corrected chi connectivity index (χ0v) is 40.1. The van der Waals surface area contributed by atoms with Gasteiger partial charge in [0.2, 0.25) is 0 Å². The molecular weight excluding hydrogens is 793 g/mol. The van der Waals surface area contributed by atoms with E-state index in [1.165, 1.54) is 27.7 Å². The van der Waals surface area contributed by atoms with Gasteiger partial charge in [-0.05, 0) is 139 Å². The minimum Gasteiger partial charge on any atom is -0.458 e. The molecule has 326 valence electrons. The molecule has 0 atom stereocenters. The van der Waals surface area contributed by atoms with Crippen molar-refractivity contribution in [3.05, 3.63) is 168 Å². The van der Waals surface area contributed by atoms with Crippen LogP contribution in [0.4, 0.5) is 34.1 Å². The number of anilines is 6. The van der Waals surface area contributed by atoms with E-state index in [-0.39, 0.29) is 28.4 Å². The molecule has 0 fully saturated rings. The van der Waals surface area contributed by atoms with Gasteiger partial charge in [0.15, 0.2) is 0 Å². The van der Waals surface area contributed by atoms with Crippen LogP contribution in [0.3, 0.4) is 0 Å². The lowest BCUT2D eigenvalue weighted by Crippen LogP contribution is -2.59. The maximum Gasteiger partial charge on any atom is 0.256 e. The molecule has 0 saturated carbocycles. The Morgan fingerprint density at radius 3 is 1.48 bits per heavy atom. The second-order valence-corrected chi connectivity index (χ2v) is 22.2. The molecule has 0 N–H and O–H groups in total. The lowest BCUT2D eigenvalue weighted by Gasteiger charge is -2.41. The highest BCUT2D eigenvalue weighted by molar-refractivity contribution is 6.99. The smallest absolute Gasteiger partial charge is 0.256 e.